The fourth-order valence-electron chi connectivity index (χ4n) is 14.3. The molecule has 0 saturated heterocycles. The van der Waals surface area contributed by atoms with E-state index >= 15 is 0 Å². The molecule has 16 rings (SSSR count). The Morgan fingerprint density at radius 1 is 0.283 bits per heavy atom. The number of aromatic nitrogens is 10. The molecule has 7 aromatic carbocycles. The fraction of sp³-hybridized carbons (Fsp3) is 0.277. The highest BCUT2D eigenvalue weighted by atomic mass is 35.5. The monoisotopic (exact) mass is 1880 g/mol. The third kappa shape index (κ3) is 36.6. The predicted molar refractivity (Wildman–Crippen MR) is 558 cm³/mol. The lowest BCUT2D eigenvalue weighted by Gasteiger charge is -2.10. The second kappa shape index (κ2) is 56.5. The van der Waals surface area contributed by atoms with Gasteiger partial charge < -0.3 is 20.8 Å². The summed E-state index contributed by atoms with van der Waals surface area (Å²) in [5, 5.41) is 47.5. The van der Waals surface area contributed by atoms with Gasteiger partial charge in [-0.3, -0.25) is 19.9 Å². The normalized spacial score (nSPS) is 10.7. The van der Waals surface area contributed by atoms with Gasteiger partial charge in [0, 0.05) is 140 Å². The van der Waals surface area contributed by atoms with Crippen molar-refractivity contribution in [1.82, 2.24) is 29.9 Å². The predicted octanol–water partition coefficient (Wildman–Crippen LogP) is 30.3. The molecule has 16 aromatic rings. The van der Waals surface area contributed by atoms with Crippen molar-refractivity contribution in [3.63, 3.8) is 0 Å². The molecule has 0 aliphatic rings. The molecule has 0 bridgehead atoms. The van der Waals surface area contributed by atoms with E-state index < -0.39 is 5.82 Å². The summed E-state index contributed by atoms with van der Waals surface area (Å²) in [6.07, 6.45) is 21.9. The zero-order valence-corrected chi connectivity index (χ0v) is 83.9. The number of rotatable bonds is 21. The minimum absolute atomic E-state index is 0.00632. The number of halogens is 5. The smallest absolute Gasteiger partial charge is 0.231 e. The van der Waals surface area contributed by atoms with Gasteiger partial charge in [0.25, 0.3) is 0 Å². The summed E-state index contributed by atoms with van der Waals surface area (Å²) >= 11 is 5.95. The Morgan fingerprint density at radius 3 is 1.08 bits per heavy atom. The van der Waals surface area contributed by atoms with Gasteiger partial charge in [-0.05, 0) is 161 Å². The molecule has 9 heterocycles. The maximum absolute atomic E-state index is 13.9. The van der Waals surface area contributed by atoms with Gasteiger partial charge in [0.1, 0.15) is 23.3 Å². The first-order valence-electron chi connectivity index (χ1n) is 47.4. The largest absolute Gasteiger partial charge is 0.618 e. The highest BCUT2D eigenvalue weighted by Gasteiger charge is 2.21. The van der Waals surface area contributed by atoms with Crippen LogP contribution in [0.3, 0.4) is 0 Å². The molecule has 0 saturated carbocycles. The van der Waals surface area contributed by atoms with Gasteiger partial charge in [0.05, 0.1) is 17.5 Å². The summed E-state index contributed by atoms with van der Waals surface area (Å²) in [6, 6.07) is 89.4. The number of pyridine rings is 8. The van der Waals surface area contributed by atoms with E-state index in [1.54, 1.807) is 56.6 Å². The number of hydrogen-bond donors (Lipinski definition) is 0. The molecule has 0 N–H and O–H groups in total. The first kappa shape index (κ1) is 109. The standard InChI is InChI=1S/C15H16FN.C15H17N.C14H14ClN.2C14H14FNO.C14H15NO.C13H14N2.C11H17NO.C9H12FN/c1-11(2)9-15-8-5-13(10-17-15)12-3-6-14(16)7-4-12;1-12(2)10-15-9-8-14(11-16-15)13-6-4-3-5-7-13;1-10(2)12-6-7-14(16-9-12)11-4-3-5-13(15)8-11;1-10(2)14-8-13(15)12(9-16(14)17)11-6-4-3-5-7-11;1-10(2)14-13(15)8-12(9-16(14)17)11-6-4-3-5-7-11;1-11(2)14-9-8-13(10-15(14)16)12-6-4-3-5-7-12;1-10(2)13-14-8-12(9-15-13)11-6-4-3-5-7-11;1-4-5-10-6-7-11(9(2)3)12(13)8-10;1-7(2)5-9-4-3-8(10)6-11-9/h3-8,10-11H,9H2,1-2H3;3-9,11-12H,10H2,1-2H3;3-10H,1-2H3;2*3-10H,1-2H3;3-11H,1-2H3;3-10H,1-2H3;6-9H,4-5H2,1-3H3;3-4,6-7H,5H2,1-2H3. The number of nitrogens with zero attached hydrogens (tertiary/aromatic N) is 10. The highest BCUT2D eigenvalue weighted by Crippen LogP contribution is 2.29. The van der Waals surface area contributed by atoms with Gasteiger partial charge in [0.15, 0.2) is 47.7 Å². The van der Waals surface area contributed by atoms with Crippen LogP contribution in [-0.4, -0.2) is 29.9 Å². The fourth-order valence-corrected chi connectivity index (χ4v) is 14.5. The van der Waals surface area contributed by atoms with E-state index in [4.69, 9.17) is 11.6 Å². The lowest BCUT2D eigenvalue weighted by Crippen LogP contribution is -2.33. The molecular formula is C119H133ClF4N10O4. The Morgan fingerprint density at radius 2 is 0.681 bits per heavy atom. The Labute approximate surface area is 820 Å². The minimum Gasteiger partial charge on any atom is -0.618 e. The second-order valence-corrected chi connectivity index (χ2v) is 37.1. The molecular weight excluding hydrogens is 1740 g/mol. The van der Waals surface area contributed by atoms with Crippen LogP contribution in [-0.2, 0) is 25.7 Å². The Hall–Kier alpha value is -14.0. The van der Waals surface area contributed by atoms with Crippen molar-refractivity contribution in [1.29, 1.82) is 0 Å². The SMILES string of the molecule is CC(C)Cc1ccc(-c2ccc(F)cc2)cn1.CC(C)Cc1ccc(-c2ccccc2)cn1.CC(C)Cc1ccc(F)cn1.CC(C)c1c(F)cc(-c2ccccc2)c[n+]1[O-].CC(C)c1cc(F)c(-c2ccccc2)c[n+]1[O-].CC(C)c1ccc(-c2cccc(Cl)c2)nc1.CC(C)c1ccc(-c2ccccc2)c[n+]1[O-].CC(C)c1ncc(-c2ccccc2)cn1.CCCc1ccc(C(C)C)[n+]([O-])c1. The van der Waals surface area contributed by atoms with Crippen molar-refractivity contribution < 1.29 is 36.5 Å². The molecule has 9 aromatic heterocycles. The highest BCUT2D eigenvalue weighted by molar-refractivity contribution is 6.30. The summed E-state index contributed by atoms with van der Waals surface area (Å²) in [7, 11) is 0. The molecule has 718 valence electrons. The topological polar surface area (TPSA) is 185 Å². The molecule has 19 heteroatoms. The third-order valence-corrected chi connectivity index (χ3v) is 21.8. The first-order valence-corrected chi connectivity index (χ1v) is 47.8. The second-order valence-electron chi connectivity index (χ2n) is 36.7. The van der Waals surface area contributed by atoms with Crippen LogP contribution < -0.4 is 18.9 Å². The Bertz CT molecular complexity index is 6210. The number of aryl methyl sites for hydroxylation is 1. The summed E-state index contributed by atoms with van der Waals surface area (Å²) in [4.78, 5) is 26.0. The molecule has 0 atom stereocenters. The van der Waals surface area contributed by atoms with Crippen LogP contribution in [0.2, 0.25) is 5.02 Å². The molecule has 14 nitrogen and oxygen atoms in total. The van der Waals surface area contributed by atoms with Crippen LogP contribution in [0.5, 0.6) is 0 Å². The molecule has 0 amide bonds. The van der Waals surface area contributed by atoms with Crippen molar-refractivity contribution >= 4 is 11.6 Å². The Kier molecular flexibility index (Phi) is 44.8. The Balaban J connectivity index is 0.000000191. The zero-order valence-electron chi connectivity index (χ0n) is 83.1. The van der Waals surface area contributed by atoms with Crippen LogP contribution in [0, 0.1) is 61.9 Å². The quantitative estimate of drug-likeness (QED) is 0.0381. The lowest BCUT2D eigenvalue weighted by atomic mass is 10.0. The average Bonchev–Trinajstić information content (AvgIpc) is 0.814. The van der Waals surface area contributed by atoms with Gasteiger partial charge in [-0.15, -0.1) is 0 Å². The molecule has 138 heavy (non-hydrogen) atoms. The molecule has 0 radical (unpaired) electrons. The number of hydrogen-bond acceptors (Lipinski definition) is 10. The van der Waals surface area contributed by atoms with E-state index in [9.17, 15) is 38.4 Å². The van der Waals surface area contributed by atoms with E-state index in [1.165, 1.54) is 71.3 Å². The molecule has 0 unspecified atom stereocenters. The van der Waals surface area contributed by atoms with Gasteiger partial charge in [-0.1, -0.05) is 344 Å². The van der Waals surface area contributed by atoms with Crippen molar-refractivity contribution in [3.05, 3.63) is 453 Å². The van der Waals surface area contributed by atoms with Crippen LogP contribution in [0.4, 0.5) is 17.6 Å². The van der Waals surface area contributed by atoms with Gasteiger partial charge in [0.2, 0.25) is 5.69 Å². The summed E-state index contributed by atoms with van der Waals surface area (Å²) < 4.78 is 56.2. The van der Waals surface area contributed by atoms with Gasteiger partial charge in [-0.25, -0.2) is 23.1 Å². The average molecular weight is 1880 g/mol. The van der Waals surface area contributed by atoms with E-state index in [1.807, 2.05) is 242 Å². The molecule has 0 aliphatic heterocycles. The van der Waals surface area contributed by atoms with Crippen molar-refractivity contribution in [2.24, 2.45) is 17.8 Å². The molecule has 0 aliphatic carbocycles. The molecule has 0 fully saturated rings. The van der Waals surface area contributed by atoms with Crippen LogP contribution in [0.25, 0.3) is 78.0 Å². The zero-order chi connectivity index (χ0) is 100. The van der Waals surface area contributed by atoms with Crippen LogP contribution in [0.15, 0.2) is 347 Å². The summed E-state index contributed by atoms with van der Waals surface area (Å²) in [5.74, 6) is 2.80. The van der Waals surface area contributed by atoms with E-state index in [-0.39, 0.29) is 40.9 Å². The summed E-state index contributed by atoms with van der Waals surface area (Å²) in [6.45, 7) is 39.1. The maximum atomic E-state index is 13.9. The van der Waals surface area contributed by atoms with E-state index in [2.05, 4.69) is 161 Å². The van der Waals surface area contributed by atoms with Crippen molar-refractivity contribution in [2.45, 2.75) is 199 Å². The minimum atomic E-state index is -0.448. The lowest BCUT2D eigenvalue weighted by molar-refractivity contribution is -0.616. The van der Waals surface area contributed by atoms with Crippen molar-refractivity contribution in [2.75, 3.05) is 0 Å². The van der Waals surface area contributed by atoms with Gasteiger partial charge >= 0.3 is 0 Å². The van der Waals surface area contributed by atoms with Gasteiger partial charge in [-0.2, -0.15) is 23.3 Å². The third-order valence-electron chi connectivity index (χ3n) is 21.6. The summed E-state index contributed by atoms with van der Waals surface area (Å²) in [5.41, 5.74) is 21.1. The first-order chi connectivity index (χ1) is 66.0. The van der Waals surface area contributed by atoms with Crippen LogP contribution >= 0.6 is 11.6 Å². The molecule has 0 spiro atoms. The van der Waals surface area contributed by atoms with E-state index in [0.717, 1.165) is 136 Å². The number of benzene rings is 7. The van der Waals surface area contributed by atoms with Crippen molar-refractivity contribution in [3.8, 4) is 78.0 Å². The maximum Gasteiger partial charge on any atom is 0.231 e. The van der Waals surface area contributed by atoms with E-state index in [0.29, 0.717) is 62.6 Å². The van der Waals surface area contributed by atoms with Crippen LogP contribution in [0.1, 0.15) is 230 Å².